The predicted octanol–water partition coefficient (Wildman–Crippen LogP) is 3.75. The number of thioether (sulfide) groups is 1. The first kappa shape index (κ1) is 13.0. The minimum Gasteiger partial charge on any atom is -0.359 e. The SMILES string of the molecule is CSC1CCC(Nc2nc(Cl)c(C#N)s2)CC1. The Kier molecular flexibility index (Phi) is 4.55. The van der Waals surface area contributed by atoms with Crippen LogP contribution in [-0.4, -0.2) is 22.5 Å². The first-order valence-corrected chi connectivity index (χ1v) is 8.07. The molecule has 1 aliphatic carbocycles. The highest BCUT2D eigenvalue weighted by atomic mass is 35.5. The normalized spacial score (nSPS) is 24.3. The number of nitriles is 1. The molecule has 1 saturated carbocycles. The van der Waals surface area contributed by atoms with Gasteiger partial charge in [0.2, 0.25) is 0 Å². The quantitative estimate of drug-likeness (QED) is 0.920. The van der Waals surface area contributed by atoms with Gasteiger partial charge in [0.1, 0.15) is 10.9 Å². The molecular formula is C11H14ClN3S2. The third-order valence-electron chi connectivity index (χ3n) is 3.02. The van der Waals surface area contributed by atoms with Gasteiger partial charge in [-0.2, -0.15) is 17.0 Å². The maximum atomic E-state index is 8.81. The number of rotatable bonds is 3. The summed E-state index contributed by atoms with van der Waals surface area (Å²) in [7, 11) is 0. The molecular weight excluding hydrogens is 274 g/mol. The van der Waals surface area contributed by atoms with Crippen molar-refractivity contribution in [2.24, 2.45) is 0 Å². The van der Waals surface area contributed by atoms with E-state index in [1.807, 2.05) is 17.8 Å². The van der Waals surface area contributed by atoms with Gasteiger partial charge in [-0.1, -0.05) is 22.9 Å². The van der Waals surface area contributed by atoms with Crippen LogP contribution in [0.5, 0.6) is 0 Å². The summed E-state index contributed by atoms with van der Waals surface area (Å²) < 4.78 is 0. The van der Waals surface area contributed by atoms with Gasteiger partial charge in [-0.25, -0.2) is 4.98 Å². The molecule has 6 heteroatoms. The fourth-order valence-corrected chi connectivity index (χ4v) is 3.82. The minimum absolute atomic E-state index is 0.317. The van der Waals surface area contributed by atoms with Crippen LogP contribution >= 0.6 is 34.7 Å². The zero-order valence-corrected chi connectivity index (χ0v) is 12.0. The number of nitrogens with zero attached hydrogens (tertiary/aromatic N) is 2. The molecule has 2 rings (SSSR count). The molecule has 1 fully saturated rings. The van der Waals surface area contributed by atoms with Gasteiger partial charge in [0.25, 0.3) is 0 Å². The Morgan fingerprint density at radius 3 is 2.71 bits per heavy atom. The fraction of sp³-hybridized carbons (Fsp3) is 0.636. The molecule has 0 radical (unpaired) electrons. The number of thiazole rings is 1. The van der Waals surface area contributed by atoms with Crippen LogP contribution in [0.25, 0.3) is 0 Å². The van der Waals surface area contributed by atoms with Crippen molar-refractivity contribution in [3.05, 3.63) is 10.0 Å². The maximum Gasteiger partial charge on any atom is 0.185 e. The largest absolute Gasteiger partial charge is 0.359 e. The summed E-state index contributed by atoms with van der Waals surface area (Å²) in [6, 6.07) is 2.53. The summed E-state index contributed by atoms with van der Waals surface area (Å²) in [5.74, 6) is 0. The van der Waals surface area contributed by atoms with E-state index in [1.165, 1.54) is 37.0 Å². The van der Waals surface area contributed by atoms with E-state index in [4.69, 9.17) is 16.9 Å². The highest BCUT2D eigenvalue weighted by Crippen LogP contribution is 2.31. The molecule has 1 N–H and O–H groups in total. The molecule has 17 heavy (non-hydrogen) atoms. The minimum atomic E-state index is 0.317. The molecule has 3 nitrogen and oxygen atoms in total. The Balaban J connectivity index is 1.91. The van der Waals surface area contributed by atoms with Gasteiger partial charge in [0, 0.05) is 11.3 Å². The van der Waals surface area contributed by atoms with Crippen molar-refractivity contribution in [1.29, 1.82) is 5.26 Å². The van der Waals surface area contributed by atoms with E-state index >= 15 is 0 Å². The number of anilines is 1. The highest BCUT2D eigenvalue weighted by Gasteiger charge is 2.21. The van der Waals surface area contributed by atoms with Crippen molar-refractivity contribution in [2.75, 3.05) is 11.6 Å². The molecule has 0 amide bonds. The van der Waals surface area contributed by atoms with E-state index in [1.54, 1.807) is 0 Å². The Hall–Kier alpha value is -0.440. The summed E-state index contributed by atoms with van der Waals surface area (Å²) >= 11 is 9.14. The molecule has 0 aliphatic heterocycles. The second kappa shape index (κ2) is 5.94. The Morgan fingerprint density at radius 1 is 1.47 bits per heavy atom. The monoisotopic (exact) mass is 287 g/mol. The van der Waals surface area contributed by atoms with Crippen LogP contribution in [0.2, 0.25) is 5.15 Å². The average molecular weight is 288 g/mol. The lowest BCUT2D eigenvalue weighted by Crippen LogP contribution is -2.26. The van der Waals surface area contributed by atoms with Gasteiger partial charge in [-0.05, 0) is 31.9 Å². The third kappa shape index (κ3) is 3.27. The predicted molar refractivity (Wildman–Crippen MR) is 75.0 cm³/mol. The van der Waals surface area contributed by atoms with Crippen molar-refractivity contribution in [3.63, 3.8) is 0 Å². The standard InChI is InChI=1S/C11H14ClN3S2/c1-16-8-4-2-7(3-5-8)14-11-15-10(12)9(6-13)17-11/h7-8H,2-5H2,1H3,(H,14,15). The number of hydrogen-bond donors (Lipinski definition) is 1. The van der Waals surface area contributed by atoms with E-state index in [2.05, 4.69) is 16.6 Å². The lowest BCUT2D eigenvalue weighted by Gasteiger charge is -2.27. The van der Waals surface area contributed by atoms with Crippen LogP contribution in [0.15, 0.2) is 0 Å². The highest BCUT2D eigenvalue weighted by molar-refractivity contribution is 7.99. The molecule has 0 saturated heterocycles. The molecule has 0 atom stereocenters. The molecule has 1 aliphatic rings. The smallest absolute Gasteiger partial charge is 0.185 e. The number of aromatic nitrogens is 1. The summed E-state index contributed by atoms with van der Waals surface area (Å²) in [6.07, 6.45) is 7.03. The van der Waals surface area contributed by atoms with Crippen LogP contribution in [0.1, 0.15) is 30.6 Å². The molecule has 0 aromatic carbocycles. The van der Waals surface area contributed by atoms with Crippen LogP contribution < -0.4 is 5.32 Å². The van der Waals surface area contributed by atoms with Crippen molar-refractivity contribution in [2.45, 2.75) is 37.0 Å². The second-order valence-corrected chi connectivity index (χ2v) is 6.60. The van der Waals surface area contributed by atoms with Crippen LogP contribution in [0.3, 0.4) is 0 Å². The van der Waals surface area contributed by atoms with E-state index in [9.17, 15) is 0 Å². The molecule has 0 bridgehead atoms. The maximum absolute atomic E-state index is 8.81. The van der Waals surface area contributed by atoms with Gasteiger partial charge in [0.05, 0.1) is 0 Å². The molecule has 1 aromatic heterocycles. The average Bonchev–Trinajstić information content (AvgIpc) is 2.70. The molecule has 1 aromatic rings. The summed E-state index contributed by atoms with van der Waals surface area (Å²) in [5, 5.41) is 14.1. The summed E-state index contributed by atoms with van der Waals surface area (Å²) in [6.45, 7) is 0. The molecule has 0 unspecified atom stereocenters. The summed E-state index contributed by atoms with van der Waals surface area (Å²) in [5.41, 5.74) is 0. The first-order valence-electron chi connectivity index (χ1n) is 5.58. The second-order valence-electron chi connectivity index (χ2n) is 4.10. The lowest BCUT2D eigenvalue weighted by molar-refractivity contribution is 0.473. The van der Waals surface area contributed by atoms with E-state index in [-0.39, 0.29) is 0 Å². The first-order chi connectivity index (χ1) is 8.22. The van der Waals surface area contributed by atoms with Crippen molar-refractivity contribution >= 4 is 39.8 Å². The van der Waals surface area contributed by atoms with Crippen LogP contribution in [-0.2, 0) is 0 Å². The van der Waals surface area contributed by atoms with Crippen molar-refractivity contribution in [1.82, 2.24) is 4.98 Å². The van der Waals surface area contributed by atoms with Crippen molar-refractivity contribution < 1.29 is 0 Å². The fourth-order valence-electron chi connectivity index (χ4n) is 2.05. The van der Waals surface area contributed by atoms with Gasteiger partial charge in [-0.15, -0.1) is 0 Å². The lowest BCUT2D eigenvalue weighted by atomic mass is 9.95. The third-order valence-corrected chi connectivity index (χ3v) is 5.44. The van der Waals surface area contributed by atoms with Crippen molar-refractivity contribution in [3.8, 4) is 6.07 Å². The Bertz CT molecular complexity index is 419. The molecule has 92 valence electrons. The molecule has 1 heterocycles. The van der Waals surface area contributed by atoms with E-state index in [0.29, 0.717) is 16.1 Å². The van der Waals surface area contributed by atoms with Gasteiger partial charge >= 0.3 is 0 Å². The van der Waals surface area contributed by atoms with Gasteiger partial charge < -0.3 is 5.32 Å². The number of nitrogens with one attached hydrogen (secondary N) is 1. The van der Waals surface area contributed by atoms with Gasteiger partial charge in [0.15, 0.2) is 10.3 Å². The Labute approximate surface area is 115 Å². The molecule has 0 spiro atoms. The van der Waals surface area contributed by atoms with Gasteiger partial charge in [-0.3, -0.25) is 0 Å². The summed E-state index contributed by atoms with van der Waals surface area (Å²) in [4.78, 5) is 4.65. The zero-order valence-electron chi connectivity index (χ0n) is 9.57. The topological polar surface area (TPSA) is 48.7 Å². The van der Waals surface area contributed by atoms with E-state index < -0.39 is 0 Å². The number of hydrogen-bond acceptors (Lipinski definition) is 5. The van der Waals surface area contributed by atoms with Crippen LogP contribution in [0, 0.1) is 11.3 Å². The van der Waals surface area contributed by atoms with E-state index in [0.717, 1.165) is 10.4 Å². The Morgan fingerprint density at radius 2 is 2.18 bits per heavy atom. The van der Waals surface area contributed by atoms with Crippen LogP contribution in [0.4, 0.5) is 5.13 Å². The number of halogens is 1. The zero-order chi connectivity index (χ0) is 12.3.